The van der Waals surface area contributed by atoms with E-state index in [2.05, 4.69) is 12.2 Å². The largest absolute Gasteiger partial charge is 0.480 e. The van der Waals surface area contributed by atoms with Crippen molar-refractivity contribution in [2.75, 3.05) is 11.6 Å². The van der Waals surface area contributed by atoms with Crippen molar-refractivity contribution in [2.24, 2.45) is 5.92 Å². The number of carbonyl (C=O) groups is 2. The molecule has 18 heavy (non-hydrogen) atoms. The van der Waals surface area contributed by atoms with Crippen molar-refractivity contribution in [3.8, 4) is 0 Å². The van der Waals surface area contributed by atoms with Gasteiger partial charge in [0.1, 0.15) is 6.04 Å². The molecule has 0 aromatic rings. The maximum atomic E-state index is 12.1. The Labute approximate surface area is 111 Å². The molecule has 2 aliphatic rings. The molecule has 0 bridgehead atoms. The highest BCUT2D eigenvalue weighted by Crippen LogP contribution is 2.25. The van der Waals surface area contributed by atoms with E-state index >= 15 is 0 Å². The Morgan fingerprint density at radius 2 is 2.06 bits per heavy atom. The van der Waals surface area contributed by atoms with Crippen LogP contribution in [0.5, 0.6) is 0 Å². The van der Waals surface area contributed by atoms with Crippen LogP contribution in [0.4, 0.5) is 4.79 Å². The second-order valence-electron chi connectivity index (χ2n) is 5.14. The van der Waals surface area contributed by atoms with Gasteiger partial charge in [-0.1, -0.05) is 19.8 Å². The molecule has 2 unspecified atom stereocenters. The normalized spacial score (nSPS) is 32.3. The van der Waals surface area contributed by atoms with Crippen LogP contribution in [0.1, 0.15) is 32.6 Å². The lowest BCUT2D eigenvalue weighted by Crippen LogP contribution is -2.51. The van der Waals surface area contributed by atoms with Gasteiger partial charge in [-0.05, 0) is 18.8 Å². The van der Waals surface area contributed by atoms with E-state index in [9.17, 15) is 9.59 Å². The maximum absolute atomic E-state index is 12.1. The van der Waals surface area contributed by atoms with Crippen LogP contribution in [0.25, 0.3) is 0 Å². The molecule has 1 saturated carbocycles. The Balaban J connectivity index is 1.92. The molecule has 0 spiro atoms. The molecule has 3 atom stereocenters. The smallest absolute Gasteiger partial charge is 0.327 e. The predicted molar refractivity (Wildman–Crippen MR) is 70.5 cm³/mol. The topological polar surface area (TPSA) is 69.6 Å². The number of aliphatic carboxylic acids is 1. The van der Waals surface area contributed by atoms with Gasteiger partial charge in [0, 0.05) is 11.8 Å². The Kier molecular flexibility index (Phi) is 4.37. The van der Waals surface area contributed by atoms with E-state index < -0.39 is 12.0 Å². The quantitative estimate of drug-likeness (QED) is 0.803. The van der Waals surface area contributed by atoms with Gasteiger partial charge < -0.3 is 15.3 Å². The summed E-state index contributed by atoms with van der Waals surface area (Å²) in [6, 6.07) is -0.689. The van der Waals surface area contributed by atoms with Gasteiger partial charge in [0.15, 0.2) is 0 Å². The summed E-state index contributed by atoms with van der Waals surface area (Å²) in [5.74, 6) is 0.542. The summed E-state index contributed by atoms with van der Waals surface area (Å²) in [4.78, 5) is 24.6. The summed E-state index contributed by atoms with van der Waals surface area (Å²) >= 11 is 1.49. The van der Waals surface area contributed by atoms with E-state index in [1.165, 1.54) is 23.1 Å². The van der Waals surface area contributed by atoms with Crippen LogP contribution in [-0.4, -0.2) is 45.7 Å². The van der Waals surface area contributed by atoms with E-state index in [0.717, 1.165) is 19.3 Å². The molecule has 0 radical (unpaired) electrons. The van der Waals surface area contributed by atoms with Crippen LogP contribution in [0, 0.1) is 5.92 Å². The standard InChI is InChI=1S/C12H20N2O3S/c1-8-4-2-3-5-9(8)13-12(17)14-7-18-6-10(14)11(15)16/h8-10H,2-7H2,1H3,(H,13,17)(H,15,16)/t8?,9?,10-/m0/s1. The Morgan fingerprint density at radius 1 is 1.33 bits per heavy atom. The van der Waals surface area contributed by atoms with Crippen LogP contribution < -0.4 is 5.32 Å². The third-order valence-corrected chi connectivity index (χ3v) is 4.86. The van der Waals surface area contributed by atoms with Crippen molar-refractivity contribution < 1.29 is 14.7 Å². The second-order valence-corrected chi connectivity index (χ2v) is 6.14. The fraction of sp³-hybridized carbons (Fsp3) is 0.833. The monoisotopic (exact) mass is 272 g/mol. The Hall–Kier alpha value is -0.910. The number of thioether (sulfide) groups is 1. The summed E-state index contributed by atoms with van der Waals surface area (Å²) in [5, 5.41) is 12.1. The number of carboxylic acids is 1. The van der Waals surface area contributed by atoms with Crippen LogP contribution in [0.15, 0.2) is 0 Å². The van der Waals surface area contributed by atoms with E-state index in [0.29, 0.717) is 17.5 Å². The molecule has 1 aliphatic heterocycles. The van der Waals surface area contributed by atoms with Gasteiger partial charge in [-0.15, -0.1) is 11.8 Å². The third kappa shape index (κ3) is 2.91. The Morgan fingerprint density at radius 3 is 2.72 bits per heavy atom. The lowest BCUT2D eigenvalue weighted by molar-refractivity contribution is -0.140. The fourth-order valence-corrected chi connectivity index (χ4v) is 3.76. The highest BCUT2D eigenvalue weighted by atomic mass is 32.2. The molecular formula is C12H20N2O3S. The van der Waals surface area contributed by atoms with Crippen LogP contribution in [0.2, 0.25) is 0 Å². The average Bonchev–Trinajstić information content (AvgIpc) is 2.81. The first-order valence-electron chi connectivity index (χ1n) is 6.47. The van der Waals surface area contributed by atoms with Crippen molar-refractivity contribution in [3.05, 3.63) is 0 Å². The van der Waals surface area contributed by atoms with Crippen molar-refractivity contribution in [2.45, 2.75) is 44.7 Å². The minimum atomic E-state index is -0.910. The van der Waals surface area contributed by atoms with Gasteiger partial charge in [-0.3, -0.25) is 0 Å². The van der Waals surface area contributed by atoms with E-state index in [1.807, 2.05) is 0 Å². The number of nitrogens with zero attached hydrogens (tertiary/aromatic N) is 1. The summed E-state index contributed by atoms with van der Waals surface area (Å²) < 4.78 is 0. The van der Waals surface area contributed by atoms with Crippen molar-refractivity contribution in [1.82, 2.24) is 10.2 Å². The summed E-state index contributed by atoms with van der Waals surface area (Å²) in [6.45, 7) is 2.15. The predicted octanol–water partition coefficient (Wildman–Crippen LogP) is 1.73. The maximum Gasteiger partial charge on any atom is 0.327 e. The highest BCUT2D eigenvalue weighted by Gasteiger charge is 2.36. The van der Waals surface area contributed by atoms with Crippen LogP contribution >= 0.6 is 11.8 Å². The molecular weight excluding hydrogens is 252 g/mol. The van der Waals surface area contributed by atoms with Gasteiger partial charge in [-0.25, -0.2) is 9.59 Å². The Bertz CT molecular complexity index is 337. The molecule has 1 aliphatic carbocycles. The first kappa shape index (κ1) is 13.5. The number of hydrogen-bond donors (Lipinski definition) is 2. The third-order valence-electron chi connectivity index (χ3n) is 3.85. The molecule has 2 fully saturated rings. The summed E-state index contributed by atoms with van der Waals surface area (Å²) in [5.41, 5.74) is 0. The molecule has 0 aromatic heterocycles. The number of hydrogen-bond acceptors (Lipinski definition) is 3. The SMILES string of the molecule is CC1CCCCC1NC(=O)N1CSC[C@H]1C(=O)O. The minimum Gasteiger partial charge on any atom is -0.480 e. The average molecular weight is 272 g/mol. The molecule has 6 heteroatoms. The van der Waals surface area contributed by atoms with Gasteiger partial charge in [0.25, 0.3) is 0 Å². The number of amides is 2. The first-order valence-corrected chi connectivity index (χ1v) is 7.62. The lowest BCUT2D eigenvalue weighted by atomic mass is 9.86. The first-order chi connectivity index (χ1) is 8.59. The number of rotatable bonds is 2. The fourth-order valence-electron chi connectivity index (χ4n) is 2.62. The van der Waals surface area contributed by atoms with E-state index in [-0.39, 0.29) is 12.1 Å². The summed E-state index contributed by atoms with van der Waals surface area (Å²) in [6.07, 6.45) is 4.52. The zero-order valence-corrected chi connectivity index (χ0v) is 11.4. The molecule has 1 heterocycles. The zero-order valence-electron chi connectivity index (χ0n) is 10.6. The molecule has 102 valence electrons. The number of carboxylic acid groups (broad SMARTS) is 1. The number of nitrogens with one attached hydrogen (secondary N) is 1. The molecule has 5 nitrogen and oxygen atoms in total. The zero-order chi connectivity index (χ0) is 13.1. The van der Waals surface area contributed by atoms with Crippen LogP contribution in [0.3, 0.4) is 0 Å². The molecule has 1 saturated heterocycles. The van der Waals surface area contributed by atoms with Crippen molar-refractivity contribution >= 4 is 23.8 Å². The van der Waals surface area contributed by atoms with E-state index in [4.69, 9.17) is 5.11 Å². The number of carbonyl (C=O) groups excluding carboxylic acids is 1. The van der Waals surface area contributed by atoms with Gasteiger partial charge >= 0.3 is 12.0 Å². The molecule has 2 rings (SSSR count). The van der Waals surface area contributed by atoms with Gasteiger partial charge in [0.05, 0.1) is 5.88 Å². The van der Waals surface area contributed by atoms with Gasteiger partial charge in [0.2, 0.25) is 0 Å². The van der Waals surface area contributed by atoms with Crippen LogP contribution in [-0.2, 0) is 4.79 Å². The highest BCUT2D eigenvalue weighted by molar-refractivity contribution is 7.99. The van der Waals surface area contributed by atoms with Crippen molar-refractivity contribution in [3.63, 3.8) is 0 Å². The minimum absolute atomic E-state index is 0.200. The summed E-state index contributed by atoms with van der Waals surface area (Å²) in [7, 11) is 0. The lowest BCUT2D eigenvalue weighted by Gasteiger charge is -2.31. The van der Waals surface area contributed by atoms with Crippen molar-refractivity contribution in [1.29, 1.82) is 0 Å². The molecule has 2 amide bonds. The second kappa shape index (κ2) is 5.82. The van der Waals surface area contributed by atoms with Gasteiger partial charge in [-0.2, -0.15) is 0 Å². The molecule has 0 aromatic carbocycles. The van der Waals surface area contributed by atoms with E-state index in [1.54, 1.807) is 0 Å². The number of urea groups is 1. The molecule has 2 N–H and O–H groups in total.